The van der Waals surface area contributed by atoms with Crippen LogP contribution >= 0.6 is 11.3 Å². The average Bonchev–Trinajstić information content (AvgIpc) is 3.17. The van der Waals surface area contributed by atoms with Crippen LogP contribution in [-0.4, -0.2) is 34.8 Å². The molecule has 1 fully saturated rings. The third-order valence-corrected chi connectivity index (χ3v) is 6.11. The van der Waals surface area contributed by atoms with E-state index in [1.165, 1.54) is 12.1 Å². The number of piperidine rings is 1. The van der Waals surface area contributed by atoms with E-state index < -0.39 is 0 Å². The Balaban J connectivity index is 1.50. The van der Waals surface area contributed by atoms with E-state index in [0.717, 1.165) is 29.1 Å². The van der Waals surface area contributed by atoms with Crippen molar-refractivity contribution in [3.8, 4) is 0 Å². The molecule has 2 aromatic rings. The van der Waals surface area contributed by atoms with Crippen LogP contribution in [0.1, 0.15) is 48.9 Å². The smallest absolute Gasteiger partial charge is 0.227 e. The molecule has 0 bridgehead atoms. The highest BCUT2D eigenvalue weighted by Crippen LogP contribution is 2.20. The zero-order valence-corrected chi connectivity index (χ0v) is 17.1. The molecular weight excluding hydrogens is 377 g/mol. The quantitative estimate of drug-likeness (QED) is 0.803. The van der Waals surface area contributed by atoms with Gasteiger partial charge in [0.15, 0.2) is 0 Å². The third-order valence-electron chi connectivity index (χ3n) is 4.92. The summed E-state index contributed by atoms with van der Waals surface area (Å²) in [5, 5.41) is 6.01. The number of halogens is 1. The van der Waals surface area contributed by atoms with Crippen LogP contribution in [-0.2, 0) is 22.6 Å². The Kier molecular flexibility index (Phi) is 6.78. The van der Waals surface area contributed by atoms with Gasteiger partial charge in [0, 0.05) is 24.4 Å². The fraction of sp³-hybridized carbons (Fsp3) is 0.476. The fourth-order valence-electron chi connectivity index (χ4n) is 3.30. The monoisotopic (exact) mass is 403 g/mol. The number of benzene rings is 1. The topological polar surface area (TPSA) is 62.3 Å². The molecule has 2 amide bonds. The van der Waals surface area contributed by atoms with Crippen molar-refractivity contribution >= 4 is 23.2 Å². The van der Waals surface area contributed by atoms with Crippen molar-refractivity contribution in [2.24, 2.45) is 5.92 Å². The number of hydrogen-bond donors (Lipinski definition) is 1. The minimum atomic E-state index is -0.313. The zero-order valence-electron chi connectivity index (χ0n) is 16.3. The molecule has 150 valence electrons. The van der Waals surface area contributed by atoms with Gasteiger partial charge >= 0.3 is 0 Å². The Morgan fingerprint density at radius 1 is 1.32 bits per heavy atom. The van der Waals surface area contributed by atoms with Crippen LogP contribution in [0.5, 0.6) is 0 Å². The Bertz CT molecular complexity index is 819. The molecule has 2 heterocycles. The predicted octanol–water partition coefficient (Wildman–Crippen LogP) is 3.50. The summed E-state index contributed by atoms with van der Waals surface area (Å²) in [7, 11) is 0. The lowest BCUT2D eigenvalue weighted by atomic mass is 9.96. The molecule has 28 heavy (non-hydrogen) atoms. The second-order valence-corrected chi connectivity index (χ2v) is 8.42. The molecular formula is C21H26FN3O2S. The maximum atomic E-state index is 13.0. The molecule has 0 saturated carbocycles. The summed E-state index contributed by atoms with van der Waals surface area (Å²) >= 11 is 1.61. The van der Waals surface area contributed by atoms with Gasteiger partial charge in [-0.3, -0.25) is 9.59 Å². The van der Waals surface area contributed by atoms with Crippen LogP contribution in [0.15, 0.2) is 29.6 Å². The van der Waals surface area contributed by atoms with Gasteiger partial charge in [-0.2, -0.15) is 0 Å². The van der Waals surface area contributed by atoms with Gasteiger partial charge in [-0.15, -0.1) is 11.3 Å². The average molecular weight is 404 g/mol. The van der Waals surface area contributed by atoms with E-state index in [0.29, 0.717) is 25.6 Å². The predicted molar refractivity (Wildman–Crippen MR) is 107 cm³/mol. The molecule has 1 atom stereocenters. The summed E-state index contributed by atoms with van der Waals surface area (Å²) in [4.78, 5) is 31.4. The van der Waals surface area contributed by atoms with Crippen molar-refractivity contribution in [1.29, 1.82) is 0 Å². The van der Waals surface area contributed by atoms with Crippen molar-refractivity contribution in [2.45, 2.75) is 45.6 Å². The van der Waals surface area contributed by atoms with Crippen molar-refractivity contribution in [3.63, 3.8) is 0 Å². The lowest BCUT2D eigenvalue weighted by molar-refractivity contribution is -0.135. The molecule has 0 aliphatic carbocycles. The summed E-state index contributed by atoms with van der Waals surface area (Å²) in [6.07, 6.45) is 1.81. The van der Waals surface area contributed by atoms with Gasteiger partial charge in [0.05, 0.1) is 29.6 Å². The number of hydrogen-bond acceptors (Lipinski definition) is 4. The SMILES string of the molecule is CC(C)c1nc(CNC(=O)C2CCCN(C(=O)Cc3ccc(F)cc3)C2)cs1. The Morgan fingerprint density at radius 3 is 2.75 bits per heavy atom. The summed E-state index contributed by atoms with van der Waals surface area (Å²) in [6.45, 7) is 5.71. The van der Waals surface area contributed by atoms with Crippen LogP contribution < -0.4 is 5.32 Å². The highest BCUT2D eigenvalue weighted by Gasteiger charge is 2.28. The summed E-state index contributed by atoms with van der Waals surface area (Å²) in [5.74, 6) is -0.183. The molecule has 1 unspecified atom stereocenters. The van der Waals surface area contributed by atoms with Gasteiger partial charge in [-0.25, -0.2) is 9.37 Å². The van der Waals surface area contributed by atoms with Gasteiger partial charge in [0.25, 0.3) is 0 Å². The highest BCUT2D eigenvalue weighted by atomic mass is 32.1. The first-order chi connectivity index (χ1) is 13.4. The van der Waals surface area contributed by atoms with Crippen molar-refractivity contribution in [2.75, 3.05) is 13.1 Å². The number of amides is 2. The number of carbonyl (C=O) groups excluding carboxylic acids is 2. The van der Waals surface area contributed by atoms with Crippen molar-refractivity contribution in [1.82, 2.24) is 15.2 Å². The van der Waals surface area contributed by atoms with Crippen LogP contribution in [0, 0.1) is 11.7 Å². The van der Waals surface area contributed by atoms with Crippen molar-refractivity contribution < 1.29 is 14.0 Å². The second kappa shape index (κ2) is 9.28. The number of aromatic nitrogens is 1. The standard InChI is InChI=1S/C21H26FN3O2S/c1-14(2)21-24-18(13-28-21)11-23-20(27)16-4-3-9-25(12-16)19(26)10-15-5-7-17(22)8-6-15/h5-8,13-14,16H,3-4,9-12H2,1-2H3,(H,23,27). The maximum Gasteiger partial charge on any atom is 0.227 e. The molecule has 1 aliphatic heterocycles. The number of likely N-dealkylation sites (tertiary alicyclic amines) is 1. The molecule has 0 spiro atoms. The summed E-state index contributed by atoms with van der Waals surface area (Å²) in [5.41, 5.74) is 1.66. The maximum absolute atomic E-state index is 13.0. The highest BCUT2D eigenvalue weighted by molar-refractivity contribution is 7.09. The van der Waals surface area contributed by atoms with E-state index >= 15 is 0 Å². The number of nitrogens with zero attached hydrogens (tertiary/aromatic N) is 2. The van der Waals surface area contributed by atoms with E-state index in [9.17, 15) is 14.0 Å². The Labute approximate surface area is 169 Å². The zero-order chi connectivity index (χ0) is 20.1. The molecule has 1 N–H and O–H groups in total. The third kappa shape index (κ3) is 5.38. The largest absolute Gasteiger partial charge is 0.350 e. The summed E-state index contributed by atoms with van der Waals surface area (Å²) in [6, 6.07) is 5.97. The molecule has 1 aromatic carbocycles. The van der Waals surface area contributed by atoms with Gasteiger partial charge in [0.1, 0.15) is 5.82 Å². The van der Waals surface area contributed by atoms with Crippen LogP contribution in [0.4, 0.5) is 4.39 Å². The van der Waals surface area contributed by atoms with E-state index in [1.807, 2.05) is 5.38 Å². The molecule has 5 nitrogen and oxygen atoms in total. The first-order valence-electron chi connectivity index (χ1n) is 9.66. The second-order valence-electron chi connectivity index (χ2n) is 7.53. The van der Waals surface area contributed by atoms with Crippen LogP contribution in [0.25, 0.3) is 0 Å². The molecule has 1 aromatic heterocycles. The number of rotatable bonds is 6. The molecule has 7 heteroatoms. The van der Waals surface area contributed by atoms with Gasteiger partial charge in [0.2, 0.25) is 11.8 Å². The van der Waals surface area contributed by atoms with E-state index in [4.69, 9.17) is 0 Å². The Morgan fingerprint density at radius 2 is 2.07 bits per heavy atom. The fourth-order valence-corrected chi connectivity index (χ4v) is 4.13. The van der Waals surface area contributed by atoms with Crippen LogP contribution in [0.3, 0.4) is 0 Å². The van der Waals surface area contributed by atoms with Gasteiger partial charge in [-0.05, 0) is 30.5 Å². The van der Waals surface area contributed by atoms with Crippen molar-refractivity contribution in [3.05, 3.63) is 51.7 Å². The lowest BCUT2D eigenvalue weighted by Gasteiger charge is -2.32. The summed E-state index contributed by atoms with van der Waals surface area (Å²) < 4.78 is 13.0. The number of thiazole rings is 1. The molecule has 0 radical (unpaired) electrons. The molecule has 3 rings (SSSR count). The normalized spacial score (nSPS) is 17.0. The first kappa shape index (κ1) is 20.5. The number of carbonyl (C=O) groups is 2. The molecule has 1 aliphatic rings. The van der Waals surface area contributed by atoms with E-state index in [2.05, 4.69) is 24.1 Å². The minimum Gasteiger partial charge on any atom is -0.350 e. The van der Waals surface area contributed by atoms with Gasteiger partial charge in [-0.1, -0.05) is 26.0 Å². The van der Waals surface area contributed by atoms with Gasteiger partial charge < -0.3 is 10.2 Å². The number of nitrogens with one attached hydrogen (secondary N) is 1. The van der Waals surface area contributed by atoms with E-state index in [-0.39, 0.29) is 30.0 Å². The van der Waals surface area contributed by atoms with E-state index in [1.54, 1.807) is 28.4 Å². The minimum absolute atomic E-state index is 0.0230. The Hall–Kier alpha value is -2.28. The molecule has 1 saturated heterocycles. The lowest BCUT2D eigenvalue weighted by Crippen LogP contribution is -2.45. The van der Waals surface area contributed by atoms with Crippen LogP contribution in [0.2, 0.25) is 0 Å². The first-order valence-corrected chi connectivity index (χ1v) is 10.5.